The summed E-state index contributed by atoms with van der Waals surface area (Å²) in [5.41, 5.74) is 2.07. The minimum Gasteiger partial charge on any atom is -0.480 e. The van der Waals surface area contributed by atoms with Gasteiger partial charge in [0.2, 0.25) is 0 Å². The number of hydrogen-bond donors (Lipinski definition) is 6. The molecule has 41 heteroatoms. The molecule has 0 aliphatic carbocycles. The van der Waals surface area contributed by atoms with Crippen molar-refractivity contribution in [1.29, 1.82) is 0 Å². The van der Waals surface area contributed by atoms with Gasteiger partial charge in [0.05, 0.1) is 68.4 Å². The van der Waals surface area contributed by atoms with Gasteiger partial charge in [0.15, 0.2) is 32.5 Å². The third-order valence-corrected chi connectivity index (χ3v) is 21.3. The molecule has 6 N–H and O–H groups in total. The average Bonchev–Trinajstić information content (AvgIpc) is 1.13. The van der Waals surface area contributed by atoms with Crippen molar-refractivity contribution in [2.45, 2.75) is 88.1 Å². The van der Waals surface area contributed by atoms with Gasteiger partial charge in [-0.25, -0.2) is 83.2 Å². The largest absolute Gasteiger partial charge is 0.480 e. The molecule has 12 rings (SSSR count). The van der Waals surface area contributed by atoms with Crippen LogP contribution in [0, 0.1) is 23.4 Å². The van der Waals surface area contributed by atoms with Crippen molar-refractivity contribution < 1.29 is 107 Å². The van der Waals surface area contributed by atoms with Crippen LogP contribution < -0.4 is 16.0 Å². The first-order chi connectivity index (χ1) is 54.2. The lowest BCUT2D eigenvalue weighted by atomic mass is 9.91. The molecule has 9 heterocycles. The first-order valence-electron chi connectivity index (χ1n) is 34.9. The molecule has 0 amide bonds. The molecule has 610 valence electrons. The number of carbonyl (C=O) groups is 6. The highest BCUT2D eigenvalue weighted by molar-refractivity contribution is 9.10. The Labute approximate surface area is 675 Å². The first kappa shape index (κ1) is 87.4. The molecule has 114 heavy (non-hydrogen) atoms. The SMILES string of the molecule is CCOC(=O)C1=C(CN2CC(OCC(=O)O)CC(F)(F)C2)NC(c2nccs2)=N[C@H]1c1ccc(F)cc1Br.CCOC(=O)C1=C(CN2CC(OCC(=O)O)CC(F)(F)C2)NC(c2nccs2)=N[C@H]1c1ccc(F)cc1Cl.CCOC(=O)C1=C(CN2CCC(/C=C/C(=O)O)C(F)(F)C2)NC(c2nccs2)=N[C@H]1c1ccc(F)cc1Cl. The lowest BCUT2D eigenvalue weighted by Gasteiger charge is -2.38. The maximum Gasteiger partial charge on any atom is 0.338 e. The second kappa shape index (κ2) is 39.1. The number of esters is 3. The second-order valence-electron chi connectivity index (χ2n) is 26.0. The van der Waals surface area contributed by atoms with Crippen LogP contribution in [-0.4, -0.2) is 220 Å². The zero-order valence-electron chi connectivity index (χ0n) is 60.4. The van der Waals surface area contributed by atoms with E-state index >= 15 is 0 Å². The number of carbonyl (C=O) groups excluding carboxylic acids is 3. The Morgan fingerprint density at radius 1 is 0.553 bits per heavy atom. The number of ether oxygens (including phenoxy) is 5. The maximum atomic E-state index is 14.9. The number of rotatable bonds is 26. The number of aliphatic imine (C=N–C) groups is 3. The van der Waals surface area contributed by atoms with E-state index in [9.17, 15) is 68.3 Å². The molecule has 0 bridgehead atoms. The molecular formula is C73H72BrCl2F9N12O14S3. The molecule has 3 aromatic heterocycles. The highest BCUT2D eigenvalue weighted by Gasteiger charge is 2.47. The van der Waals surface area contributed by atoms with Gasteiger partial charge in [0.1, 0.15) is 48.8 Å². The van der Waals surface area contributed by atoms with Gasteiger partial charge in [-0.1, -0.05) is 63.4 Å². The molecule has 26 nitrogen and oxygen atoms in total. The van der Waals surface area contributed by atoms with E-state index in [-0.39, 0.29) is 115 Å². The summed E-state index contributed by atoms with van der Waals surface area (Å²) in [5, 5.41) is 42.6. The fraction of sp³-hybridized carbons (Fsp3) is 0.397. The van der Waals surface area contributed by atoms with Gasteiger partial charge in [0.25, 0.3) is 17.8 Å². The Hall–Kier alpha value is -9.03. The van der Waals surface area contributed by atoms with Crippen LogP contribution in [0.25, 0.3) is 0 Å². The molecule has 6 atom stereocenters. The third kappa shape index (κ3) is 23.2. The van der Waals surface area contributed by atoms with E-state index in [1.165, 1.54) is 91.2 Å². The number of halogens is 12. The molecule has 0 spiro atoms. The summed E-state index contributed by atoms with van der Waals surface area (Å²) in [6, 6.07) is 8.36. The predicted molar refractivity (Wildman–Crippen MR) is 405 cm³/mol. The van der Waals surface area contributed by atoms with Crippen molar-refractivity contribution in [1.82, 2.24) is 45.6 Å². The average molecular weight is 1760 g/mol. The number of aliphatic carboxylic acids is 3. The topological polar surface area (TPSA) is 331 Å². The summed E-state index contributed by atoms with van der Waals surface area (Å²) < 4.78 is 156. The number of likely N-dealkylation sites (tertiary alicyclic amines) is 3. The van der Waals surface area contributed by atoms with Crippen molar-refractivity contribution in [3.63, 3.8) is 0 Å². The molecule has 6 aromatic rings. The number of allylic oxidation sites excluding steroid dienone is 1. The number of carboxylic acid groups (broad SMARTS) is 3. The van der Waals surface area contributed by atoms with Crippen molar-refractivity contribution in [3.8, 4) is 0 Å². The number of benzene rings is 3. The Morgan fingerprint density at radius 3 is 1.25 bits per heavy atom. The minimum atomic E-state index is -3.20. The summed E-state index contributed by atoms with van der Waals surface area (Å²) in [5.74, 6) is -17.5. The van der Waals surface area contributed by atoms with E-state index in [0.29, 0.717) is 47.9 Å². The normalized spacial score (nSPS) is 21.6. The Bertz CT molecular complexity index is 4550. The number of hydrogen-bond acceptors (Lipinski definition) is 26. The van der Waals surface area contributed by atoms with Crippen molar-refractivity contribution >= 4 is 126 Å². The molecule has 6 aliphatic rings. The minimum absolute atomic E-state index is 0.00411. The fourth-order valence-electron chi connectivity index (χ4n) is 13.1. The summed E-state index contributed by atoms with van der Waals surface area (Å²) in [6.45, 7) is 1.52. The molecule has 6 aliphatic heterocycles. The standard InChI is InChI=1S/C25H24ClF3N4O4S.C24H24BrF3N4O5S.C24H24ClF3N4O5S/c1-2-37-24(36)20-18(12-33-9-7-14(3-6-19(34)35)25(28,29)13-33)31-22(23-30-8-10-38-23)32-21(20)16-5-4-15(27)11-17(16)26;2*1-2-36-23(35)19-17(10-32-9-14(37-11-18(33)34)8-24(27,28)12-32)30-21(22-29-5-6-38-22)31-20(19)15-4-3-13(26)7-16(15)25/h3-6,8,10-11,14,21H,2,7,9,12-13H2,1H3,(H,31,32)(H,34,35);2*3-7,14,20H,2,8-12H2,1H3,(H,30,31)(H,33,34)/b6-3+;;/t14?,21-;2*14?,20-/m000/s1. The number of amidine groups is 3. The van der Waals surface area contributed by atoms with E-state index in [2.05, 4.69) is 56.8 Å². The summed E-state index contributed by atoms with van der Waals surface area (Å²) in [6.07, 6.45) is 3.14. The van der Waals surface area contributed by atoms with Gasteiger partial charge in [-0.05, 0) is 75.7 Å². The van der Waals surface area contributed by atoms with Crippen LogP contribution in [0.2, 0.25) is 10.0 Å². The molecular weight excluding hydrogens is 1690 g/mol. The van der Waals surface area contributed by atoms with Crippen LogP contribution in [0.5, 0.6) is 0 Å². The Kier molecular flexibility index (Phi) is 29.9. The van der Waals surface area contributed by atoms with Crippen molar-refractivity contribution in [2.75, 3.05) is 91.9 Å². The Morgan fingerprint density at radius 2 is 0.921 bits per heavy atom. The summed E-state index contributed by atoms with van der Waals surface area (Å²) in [7, 11) is 0. The molecule has 0 saturated carbocycles. The zero-order valence-corrected chi connectivity index (χ0v) is 66.0. The number of aromatic nitrogens is 3. The van der Waals surface area contributed by atoms with E-state index in [0.717, 1.165) is 24.3 Å². The lowest BCUT2D eigenvalue weighted by Crippen LogP contribution is -2.52. The van der Waals surface area contributed by atoms with Gasteiger partial charge in [-0.2, -0.15) is 0 Å². The molecule has 3 aromatic carbocycles. The highest BCUT2D eigenvalue weighted by atomic mass is 79.9. The van der Waals surface area contributed by atoms with Crippen molar-refractivity contribution in [2.24, 2.45) is 20.9 Å². The smallest absolute Gasteiger partial charge is 0.338 e. The molecule has 3 fully saturated rings. The Balaban J connectivity index is 0.000000181. The van der Waals surface area contributed by atoms with Crippen LogP contribution in [0.4, 0.5) is 39.5 Å². The van der Waals surface area contributed by atoms with Gasteiger partial charge in [-0.3, -0.25) is 29.7 Å². The van der Waals surface area contributed by atoms with E-state index in [4.69, 9.17) is 67.2 Å². The van der Waals surface area contributed by atoms with Crippen LogP contribution in [0.1, 0.15) is 89.9 Å². The monoisotopic (exact) mass is 1760 g/mol. The molecule has 0 radical (unpaired) electrons. The first-order valence-corrected chi connectivity index (χ1v) is 39.1. The van der Waals surface area contributed by atoms with Gasteiger partial charge < -0.3 is 55.0 Å². The molecule has 3 unspecified atom stereocenters. The third-order valence-electron chi connectivity index (χ3n) is 17.7. The molecule has 3 saturated heterocycles. The van der Waals surface area contributed by atoms with Crippen LogP contribution in [0.3, 0.4) is 0 Å². The number of nitrogens with zero attached hydrogens (tertiary/aromatic N) is 9. The van der Waals surface area contributed by atoms with Crippen molar-refractivity contribution in [3.05, 3.63) is 199 Å². The maximum absolute atomic E-state index is 14.9. The fourth-order valence-corrected chi connectivity index (χ4v) is 16.0. The summed E-state index contributed by atoms with van der Waals surface area (Å²) in [4.78, 5) is 103. The number of alkyl halides is 6. The van der Waals surface area contributed by atoms with E-state index in [1.54, 1.807) is 55.5 Å². The van der Waals surface area contributed by atoms with Gasteiger partial charge in [-0.15, -0.1) is 34.0 Å². The number of thiazole rings is 3. The van der Waals surface area contributed by atoms with E-state index in [1.807, 2.05) is 0 Å². The van der Waals surface area contributed by atoms with Gasteiger partial charge in [0, 0.05) is 135 Å². The highest BCUT2D eigenvalue weighted by Crippen LogP contribution is 2.43. The quantitative estimate of drug-likeness (QED) is 0.0127. The van der Waals surface area contributed by atoms with Gasteiger partial charge >= 0.3 is 35.8 Å². The lowest BCUT2D eigenvalue weighted by molar-refractivity contribution is -0.154. The van der Waals surface area contributed by atoms with Crippen LogP contribution >= 0.6 is 73.1 Å². The number of piperidine rings is 3. The number of carboxylic acids is 3. The predicted octanol–water partition coefficient (Wildman–Crippen LogP) is 11.9. The van der Waals surface area contributed by atoms with Crippen LogP contribution in [0.15, 0.2) is 155 Å². The second-order valence-corrected chi connectivity index (χ2v) is 30.4. The summed E-state index contributed by atoms with van der Waals surface area (Å²) >= 11 is 19.9. The van der Waals surface area contributed by atoms with Crippen LogP contribution in [-0.2, 0) is 52.5 Å². The number of nitrogens with one attached hydrogen (secondary N) is 3. The van der Waals surface area contributed by atoms with E-state index < -0.39 is 153 Å². The zero-order chi connectivity index (χ0) is 82.3.